The first-order valence-electron chi connectivity index (χ1n) is 7.53. The molecule has 0 radical (unpaired) electrons. The Bertz CT molecular complexity index is 196. The first-order chi connectivity index (χ1) is 7.77. The normalized spacial score (nSPS) is 34.9. The third-order valence-electron chi connectivity index (χ3n) is 4.95. The average molecular weight is 223 g/mol. The van der Waals surface area contributed by atoms with E-state index in [1.807, 2.05) is 0 Å². The lowest BCUT2D eigenvalue weighted by molar-refractivity contribution is 0.210. The molecule has 0 aromatic carbocycles. The van der Waals surface area contributed by atoms with Gasteiger partial charge in [-0.05, 0) is 44.4 Å². The molecule has 0 spiro atoms. The molecule has 0 aliphatic heterocycles. The van der Waals surface area contributed by atoms with Gasteiger partial charge in [-0.2, -0.15) is 0 Å². The summed E-state index contributed by atoms with van der Waals surface area (Å²) in [5, 5.41) is 3.94. The van der Waals surface area contributed by atoms with E-state index in [4.69, 9.17) is 0 Å². The van der Waals surface area contributed by atoms with Crippen LogP contribution in [-0.2, 0) is 0 Å². The third-order valence-corrected chi connectivity index (χ3v) is 4.95. The summed E-state index contributed by atoms with van der Waals surface area (Å²) in [7, 11) is 0. The first kappa shape index (κ1) is 12.4. The highest BCUT2D eigenvalue weighted by atomic mass is 15.0. The molecular weight excluding hydrogens is 194 g/mol. The largest absolute Gasteiger partial charge is 0.311 e. The highest BCUT2D eigenvalue weighted by molar-refractivity contribution is 4.84. The van der Waals surface area contributed by atoms with Gasteiger partial charge in [0.1, 0.15) is 0 Å². The zero-order valence-electron chi connectivity index (χ0n) is 11.2. The molecule has 0 amide bonds. The fraction of sp³-hybridized carbons (Fsp3) is 1.00. The first-order valence-corrected chi connectivity index (χ1v) is 7.53. The molecule has 0 bridgehead atoms. The van der Waals surface area contributed by atoms with Crippen LogP contribution in [0.3, 0.4) is 0 Å². The SMILES string of the molecule is CC1CCCCC1N[C@@H](C)C1CCCCC1. The minimum Gasteiger partial charge on any atom is -0.311 e. The maximum atomic E-state index is 3.94. The predicted molar refractivity (Wildman–Crippen MR) is 70.6 cm³/mol. The van der Waals surface area contributed by atoms with Gasteiger partial charge in [-0.3, -0.25) is 0 Å². The summed E-state index contributed by atoms with van der Waals surface area (Å²) in [5.74, 6) is 1.86. The van der Waals surface area contributed by atoms with E-state index < -0.39 is 0 Å². The Hall–Kier alpha value is -0.0400. The molecule has 2 rings (SSSR count). The molecule has 1 N–H and O–H groups in total. The van der Waals surface area contributed by atoms with E-state index in [1.165, 1.54) is 57.8 Å². The lowest BCUT2D eigenvalue weighted by Crippen LogP contribution is -2.45. The number of hydrogen-bond acceptors (Lipinski definition) is 1. The van der Waals surface area contributed by atoms with Crippen LogP contribution in [0.5, 0.6) is 0 Å². The Morgan fingerprint density at radius 1 is 0.875 bits per heavy atom. The molecule has 0 aromatic heterocycles. The van der Waals surface area contributed by atoms with Crippen molar-refractivity contribution in [2.45, 2.75) is 83.7 Å². The van der Waals surface area contributed by atoms with Gasteiger partial charge in [-0.1, -0.05) is 39.0 Å². The van der Waals surface area contributed by atoms with E-state index >= 15 is 0 Å². The second kappa shape index (κ2) is 6.05. The third kappa shape index (κ3) is 3.23. The molecule has 2 saturated carbocycles. The summed E-state index contributed by atoms with van der Waals surface area (Å²) in [5.41, 5.74) is 0. The van der Waals surface area contributed by atoms with E-state index in [1.54, 1.807) is 0 Å². The summed E-state index contributed by atoms with van der Waals surface area (Å²) < 4.78 is 0. The lowest BCUT2D eigenvalue weighted by Gasteiger charge is -2.36. The van der Waals surface area contributed by atoms with Crippen molar-refractivity contribution in [2.24, 2.45) is 11.8 Å². The van der Waals surface area contributed by atoms with Crippen LogP contribution in [0.15, 0.2) is 0 Å². The van der Waals surface area contributed by atoms with E-state index in [9.17, 15) is 0 Å². The Balaban J connectivity index is 1.78. The molecule has 0 saturated heterocycles. The van der Waals surface area contributed by atoms with Crippen LogP contribution in [0, 0.1) is 11.8 Å². The van der Waals surface area contributed by atoms with Gasteiger partial charge in [0.2, 0.25) is 0 Å². The Labute approximate surface area is 101 Å². The van der Waals surface area contributed by atoms with Crippen molar-refractivity contribution in [3.63, 3.8) is 0 Å². The monoisotopic (exact) mass is 223 g/mol. The summed E-state index contributed by atoms with van der Waals surface area (Å²) in [4.78, 5) is 0. The van der Waals surface area contributed by atoms with Crippen LogP contribution in [-0.4, -0.2) is 12.1 Å². The molecule has 2 fully saturated rings. The number of nitrogens with one attached hydrogen (secondary N) is 1. The van der Waals surface area contributed by atoms with Gasteiger partial charge in [0, 0.05) is 12.1 Å². The van der Waals surface area contributed by atoms with Gasteiger partial charge >= 0.3 is 0 Å². The molecule has 2 aliphatic carbocycles. The molecular formula is C15H29N. The second-order valence-electron chi connectivity index (χ2n) is 6.22. The van der Waals surface area contributed by atoms with Gasteiger partial charge in [0.25, 0.3) is 0 Å². The van der Waals surface area contributed by atoms with Crippen LogP contribution in [0.2, 0.25) is 0 Å². The molecule has 1 heteroatoms. The van der Waals surface area contributed by atoms with Crippen molar-refractivity contribution in [1.29, 1.82) is 0 Å². The van der Waals surface area contributed by atoms with Gasteiger partial charge in [0.05, 0.1) is 0 Å². The van der Waals surface area contributed by atoms with Gasteiger partial charge < -0.3 is 5.32 Å². The second-order valence-corrected chi connectivity index (χ2v) is 6.22. The molecule has 3 atom stereocenters. The van der Waals surface area contributed by atoms with Gasteiger partial charge in [-0.25, -0.2) is 0 Å². The Morgan fingerprint density at radius 3 is 2.19 bits per heavy atom. The molecule has 2 unspecified atom stereocenters. The van der Waals surface area contributed by atoms with Crippen molar-refractivity contribution >= 4 is 0 Å². The molecule has 1 nitrogen and oxygen atoms in total. The van der Waals surface area contributed by atoms with E-state index in [-0.39, 0.29) is 0 Å². The fourth-order valence-electron chi connectivity index (χ4n) is 3.67. The zero-order chi connectivity index (χ0) is 11.4. The van der Waals surface area contributed by atoms with E-state index in [0.717, 1.165) is 23.9 Å². The Kier molecular flexibility index (Phi) is 4.69. The molecule has 94 valence electrons. The van der Waals surface area contributed by atoms with Crippen molar-refractivity contribution in [3.8, 4) is 0 Å². The predicted octanol–water partition coefficient (Wildman–Crippen LogP) is 4.12. The van der Waals surface area contributed by atoms with Crippen molar-refractivity contribution in [2.75, 3.05) is 0 Å². The topological polar surface area (TPSA) is 12.0 Å². The standard InChI is InChI=1S/C15H29N/c1-12-8-6-7-11-15(12)16-13(2)14-9-4-3-5-10-14/h12-16H,3-11H2,1-2H3/t12?,13-,15?/m0/s1. The van der Waals surface area contributed by atoms with E-state index in [0.29, 0.717) is 0 Å². The smallest absolute Gasteiger partial charge is 0.00952 e. The molecule has 0 aromatic rings. The van der Waals surface area contributed by atoms with Gasteiger partial charge in [0.15, 0.2) is 0 Å². The number of rotatable bonds is 3. The minimum absolute atomic E-state index is 0.755. The summed E-state index contributed by atoms with van der Waals surface area (Å²) in [6.45, 7) is 4.86. The maximum absolute atomic E-state index is 3.94. The zero-order valence-corrected chi connectivity index (χ0v) is 11.2. The van der Waals surface area contributed by atoms with Crippen LogP contribution >= 0.6 is 0 Å². The van der Waals surface area contributed by atoms with Crippen LogP contribution in [0.4, 0.5) is 0 Å². The highest BCUT2D eigenvalue weighted by Crippen LogP contribution is 2.29. The summed E-state index contributed by atoms with van der Waals surface area (Å²) in [6.07, 6.45) is 13.1. The quantitative estimate of drug-likeness (QED) is 0.759. The molecule has 0 heterocycles. The van der Waals surface area contributed by atoms with Crippen molar-refractivity contribution in [3.05, 3.63) is 0 Å². The molecule has 16 heavy (non-hydrogen) atoms. The number of hydrogen-bond donors (Lipinski definition) is 1. The van der Waals surface area contributed by atoms with Crippen LogP contribution in [0.25, 0.3) is 0 Å². The minimum atomic E-state index is 0.755. The highest BCUT2D eigenvalue weighted by Gasteiger charge is 2.26. The maximum Gasteiger partial charge on any atom is 0.00952 e. The Morgan fingerprint density at radius 2 is 1.50 bits per heavy atom. The molecule has 2 aliphatic rings. The summed E-state index contributed by atoms with van der Waals surface area (Å²) >= 11 is 0. The van der Waals surface area contributed by atoms with Gasteiger partial charge in [-0.15, -0.1) is 0 Å². The fourth-order valence-corrected chi connectivity index (χ4v) is 3.67. The summed E-state index contributed by atoms with van der Waals surface area (Å²) in [6, 6.07) is 1.57. The van der Waals surface area contributed by atoms with E-state index in [2.05, 4.69) is 19.2 Å². The van der Waals surface area contributed by atoms with Crippen LogP contribution in [0.1, 0.15) is 71.6 Å². The van der Waals surface area contributed by atoms with Crippen LogP contribution < -0.4 is 5.32 Å². The lowest BCUT2D eigenvalue weighted by atomic mass is 9.81. The van der Waals surface area contributed by atoms with Crippen molar-refractivity contribution < 1.29 is 0 Å². The average Bonchev–Trinajstić information content (AvgIpc) is 2.33. The van der Waals surface area contributed by atoms with Crippen molar-refractivity contribution in [1.82, 2.24) is 5.32 Å².